The van der Waals surface area contributed by atoms with E-state index in [9.17, 15) is 14.4 Å². The maximum atomic E-state index is 12.5. The molecule has 3 aromatic carbocycles. The highest BCUT2D eigenvalue weighted by Crippen LogP contribution is 2.17. The van der Waals surface area contributed by atoms with E-state index in [-0.39, 0.29) is 25.0 Å². The Morgan fingerprint density at radius 1 is 0.906 bits per heavy atom. The molecule has 0 aliphatic rings. The molecule has 32 heavy (non-hydrogen) atoms. The minimum atomic E-state index is -0.462. The van der Waals surface area contributed by atoms with E-state index in [1.165, 1.54) is 13.0 Å². The predicted octanol–water partition coefficient (Wildman–Crippen LogP) is 4.21. The summed E-state index contributed by atoms with van der Waals surface area (Å²) in [6.45, 7) is 1.44. The first-order chi connectivity index (χ1) is 15.4. The molecule has 3 rings (SSSR count). The van der Waals surface area contributed by atoms with Gasteiger partial charge in [-0.2, -0.15) is 0 Å². The van der Waals surface area contributed by atoms with Crippen LogP contribution in [-0.2, 0) is 16.1 Å². The molecule has 164 valence electrons. The molecule has 0 radical (unpaired) electrons. The molecule has 0 aromatic heterocycles. The van der Waals surface area contributed by atoms with Crippen molar-refractivity contribution in [3.8, 4) is 11.5 Å². The number of ether oxygens (including phenoxy) is 2. The molecular weight excluding hydrogens is 432 g/mol. The van der Waals surface area contributed by atoms with Crippen molar-refractivity contribution in [3.05, 3.63) is 88.9 Å². The summed E-state index contributed by atoms with van der Waals surface area (Å²) in [6.07, 6.45) is 0. The Kier molecular flexibility index (Phi) is 7.83. The van der Waals surface area contributed by atoms with Crippen LogP contribution in [0.15, 0.2) is 72.8 Å². The first-order valence-corrected chi connectivity index (χ1v) is 10.1. The van der Waals surface area contributed by atoms with Crippen molar-refractivity contribution in [1.29, 1.82) is 0 Å². The standard InChI is InChI=1S/C24H21ClN2O5/c1-16(28)32-22-7-3-5-18(13-22)24(30)27-20-6-2-4-17(12-20)14-26-23(29)15-31-21-10-8-19(25)9-11-21/h2-13H,14-15H2,1H3,(H,26,29)(H,27,30). The molecule has 0 bridgehead atoms. The van der Waals surface area contributed by atoms with Gasteiger partial charge in [0, 0.05) is 29.7 Å². The topological polar surface area (TPSA) is 93.7 Å². The zero-order chi connectivity index (χ0) is 22.9. The Balaban J connectivity index is 1.52. The molecule has 0 atom stereocenters. The third-order valence-corrected chi connectivity index (χ3v) is 4.47. The zero-order valence-electron chi connectivity index (χ0n) is 17.3. The number of esters is 1. The average molecular weight is 453 g/mol. The number of halogens is 1. The van der Waals surface area contributed by atoms with Crippen LogP contribution >= 0.6 is 11.6 Å². The molecule has 0 heterocycles. The van der Waals surface area contributed by atoms with Crippen LogP contribution < -0.4 is 20.1 Å². The fourth-order valence-corrected chi connectivity index (χ4v) is 2.89. The minimum absolute atomic E-state index is 0.128. The number of carbonyl (C=O) groups is 3. The van der Waals surface area contributed by atoms with Gasteiger partial charge in [0.15, 0.2) is 6.61 Å². The Morgan fingerprint density at radius 3 is 2.41 bits per heavy atom. The van der Waals surface area contributed by atoms with Crippen LogP contribution in [0.3, 0.4) is 0 Å². The van der Waals surface area contributed by atoms with Crippen LogP contribution in [0, 0.1) is 0 Å². The van der Waals surface area contributed by atoms with Gasteiger partial charge in [0.25, 0.3) is 11.8 Å². The van der Waals surface area contributed by atoms with E-state index in [1.807, 2.05) is 6.07 Å². The summed E-state index contributed by atoms with van der Waals surface area (Å²) < 4.78 is 10.4. The third kappa shape index (κ3) is 7.14. The maximum Gasteiger partial charge on any atom is 0.308 e. The second-order valence-electron chi connectivity index (χ2n) is 6.80. The van der Waals surface area contributed by atoms with E-state index in [4.69, 9.17) is 21.1 Å². The van der Waals surface area contributed by atoms with Gasteiger partial charge in [-0.05, 0) is 60.2 Å². The number of rotatable bonds is 8. The quantitative estimate of drug-likeness (QED) is 0.394. The smallest absolute Gasteiger partial charge is 0.308 e. The van der Waals surface area contributed by atoms with Crippen LogP contribution in [0.1, 0.15) is 22.8 Å². The number of hydrogen-bond acceptors (Lipinski definition) is 5. The van der Waals surface area contributed by atoms with Gasteiger partial charge in [0.05, 0.1) is 0 Å². The van der Waals surface area contributed by atoms with Crippen LogP contribution in [0.2, 0.25) is 5.02 Å². The molecule has 0 saturated carbocycles. The molecule has 3 aromatic rings. The van der Waals surface area contributed by atoms with Crippen molar-refractivity contribution in [2.45, 2.75) is 13.5 Å². The largest absolute Gasteiger partial charge is 0.484 e. The predicted molar refractivity (Wildman–Crippen MR) is 121 cm³/mol. The van der Waals surface area contributed by atoms with Gasteiger partial charge in [0.1, 0.15) is 11.5 Å². The van der Waals surface area contributed by atoms with Gasteiger partial charge in [-0.15, -0.1) is 0 Å². The number of carbonyl (C=O) groups excluding carboxylic acids is 3. The number of amides is 2. The highest BCUT2D eigenvalue weighted by atomic mass is 35.5. The van der Waals surface area contributed by atoms with E-state index < -0.39 is 5.97 Å². The van der Waals surface area contributed by atoms with Gasteiger partial charge in [-0.1, -0.05) is 29.8 Å². The molecule has 0 spiro atoms. The Labute approximate surface area is 190 Å². The van der Waals surface area contributed by atoms with Crippen LogP contribution in [-0.4, -0.2) is 24.4 Å². The van der Waals surface area contributed by atoms with E-state index in [1.54, 1.807) is 60.7 Å². The fraction of sp³-hybridized carbons (Fsp3) is 0.125. The van der Waals surface area contributed by atoms with Crippen molar-refractivity contribution < 1.29 is 23.9 Å². The van der Waals surface area contributed by atoms with Gasteiger partial charge in [-0.3, -0.25) is 14.4 Å². The molecule has 0 aliphatic carbocycles. The molecule has 2 amide bonds. The van der Waals surface area contributed by atoms with Crippen molar-refractivity contribution >= 4 is 35.1 Å². The monoisotopic (exact) mass is 452 g/mol. The lowest BCUT2D eigenvalue weighted by Gasteiger charge is -2.10. The number of anilines is 1. The SMILES string of the molecule is CC(=O)Oc1cccc(C(=O)Nc2cccc(CNC(=O)COc3ccc(Cl)cc3)c2)c1. The van der Waals surface area contributed by atoms with Crippen LogP contribution in [0.5, 0.6) is 11.5 Å². The summed E-state index contributed by atoms with van der Waals surface area (Å²) in [5.74, 6) is -0.251. The van der Waals surface area contributed by atoms with E-state index in [0.29, 0.717) is 27.8 Å². The Morgan fingerprint density at radius 2 is 1.66 bits per heavy atom. The third-order valence-electron chi connectivity index (χ3n) is 4.22. The van der Waals surface area contributed by atoms with Crippen molar-refractivity contribution in [1.82, 2.24) is 5.32 Å². The summed E-state index contributed by atoms with van der Waals surface area (Å²) >= 11 is 5.82. The molecule has 0 aliphatic heterocycles. The molecule has 7 nitrogen and oxygen atoms in total. The lowest BCUT2D eigenvalue weighted by atomic mass is 10.1. The summed E-state index contributed by atoms with van der Waals surface area (Å²) in [5.41, 5.74) is 1.72. The lowest BCUT2D eigenvalue weighted by Crippen LogP contribution is -2.28. The molecular formula is C24H21ClN2O5. The van der Waals surface area contributed by atoms with E-state index in [0.717, 1.165) is 5.56 Å². The number of benzene rings is 3. The van der Waals surface area contributed by atoms with Crippen LogP contribution in [0.25, 0.3) is 0 Å². The Hall–Kier alpha value is -3.84. The maximum absolute atomic E-state index is 12.5. The fourth-order valence-electron chi connectivity index (χ4n) is 2.76. The average Bonchev–Trinajstić information content (AvgIpc) is 2.77. The first kappa shape index (κ1) is 22.8. The van der Waals surface area contributed by atoms with Gasteiger partial charge < -0.3 is 20.1 Å². The highest BCUT2D eigenvalue weighted by molar-refractivity contribution is 6.30. The number of hydrogen-bond donors (Lipinski definition) is 2. The molecule has 0 saturated heterocycles. The molecule has 2 N–H and O–H groups in total. The van der Waals surface area contributed by atoms with Gasteiger partial charge in [0.2, 0.25) is 0 Å². The van der Waals surface area contributed by atoms with Crippen molar-refractivity contribution in [2.75, 3.05) is 11.9 Å². The summed E-state index contributed by atoms with van der Waals surface area (Å²) in [5, 5.41) is 6.15. The summed E-state index contributed by atoms with van der Waals surface area (Å²) in [4.78, 5) is 35.7. The van der Waals surface area contributed by atoms with Crippen molar-refractivity contribution in [2.24, 2.45) is 0 Å². The van der Waals surface area contributed by atoms with E-state index >= 15 is 0 Å². The summed E-state index contributed by atoms with van der Waals surface area (Å²) in [6, 6.07) is 20.2. The van der Waals surface area contributed by atoms with Gasteiger partial charge in [-0.25, -0.2) is 0 Å². The minimum Gasteiger partial charge on any atom is -0.484 e. The molecule has 8 heteroatoms. The Bertz CT molecular complexity index is 1120. The van der Waals surface area contributed by atoms with Crippen molar-refractivity contribution in [3.63, 3.8) is 0 Å². The number of nitrogens with one attached hydrogen (secondary N) is 2. The van der Waals surface area contributed by atoms with Crippen LogP contribution in [0.4, 0.5) is 5.69 Å². The normalized spacial score (nSPS) is 10.2. The molecule has 0 fully saturated rings. The zero-order valence-corrected chi connectivity index (χ0v) is 18.0. The summed E-state index contributed by atoms with van der Waals surface area (Å²) in [7, 11) is 0. The second-order valence-corrected chi connectivity index (χ2v) is 7.23. The van der Waals surface area contributed by atoms with E-state index in [2.05, 4.69) is 10.6 Å². The second kappa shape index (κ2) is 11.0. The lowest BCUT2D eigenvalue weighted by molar-refractivity contribution is -0.131. The first-order valence-electron chi connectivity index (χ1n) is 9.73. The highest BCUT2D eigenvalue weighted by Gasteiger charge is 2.09. The molecule has 0 unspecified atom stereocenters. The van der Waals surface area contributed by atoms with Gasteiger partial charge >= 0.3 is 5.97 Å².